The van der Waals surface area contributed by atoms with Gasteiger partial charge in [0.2, 0.25) is 11.7 Å². The Morgan fingerprint density at radius 3 is 2.88 bits per heavy atom. The number of anilines is 1. The highest BCUT2D eigenvalue weighted by Crippen LogP contribution is 2.40. The van der Waals surface area contributed by atoms with Gasteiger partial charge < -0.3 is 9.84 Å². The van der Waals surface area contributed by atoms with Gasteiger partial charge in [0, 0.05) is 12.5 Å². The van der Waals surface area contributed by atoms with Crippen LogP contribution in [0.1, 0.15) is 37.3 Å². The molecule has 0 radical (unpaired) electrons. The van der Waals surface area contributed by atoms with E-state index in [2.05, 4.69) is 20.4 Å². The van der Waals surface area contributed by atoms with E-state index in [1.54, 1.807) is 11.2 Å². The van der Waals surface area contributed by atoms with Crippen molar-refractivity contribution in [2.75, 3.05) is 11.4 Å². The number of nitrogens with zero attached hydrogens (tertiary/aromatic N) is 5. The van der Waals surface area contributed by atoms with Crippen molar-refractivity contribution in [3.05, 3.63) is 42.2 Å². The zero-order chi connectivity index (χ0) is 17.7. The lowest BCUT2D eigenvalue weighted by Gasteiger charge is -2.30. The fourth-order valence-electron chi connectivity index (χ4n) is 3.31. The van der Waals surface area contributed by atoms with Gasteiger partial charge in [-0.3, -0.25) is 9.47 Å². The van der Waals surface area contributed by atoms with E-state index in [0.29, 0.717) is 36.4 Å². The molecule has 26 heavy (non-hydrogen) atoms. The molecule has 1 N–H and O–H groups in total. The number of rotatable bonds is 3. The first-order chi connectivity index (χ1) is 12.8. The van der Waals surface area contributed by atoms with Crippen molar-refractivity contribution >= 4 is 11.7 Å². The molecule has 1 aliphatic carbocycles. The third-order valence-corrected chi connectivity index (χ3v) is 4.76. The summed E-state index contributed by atoms with van der Waals surface area (Å²) in [7, 11) is 0. The summed E-state index contributed by atoms with van der Waals surface area (Å²) in [6.45, 7) is 2.87. The number of aromatic nitrogens is 4. The molecule has 0 spiro atoms. The molecule has 8 heteroatoms. The number of carbonyl (C=O) groups excluding carboxylic acids is 1. The van der Waals surface area contributed by atoms with E-state index in [1.165, 1.54) is 0 Å². The van der Waals surface area contributed by atoms with Gasteiger partial charge in [-0.15, -0.1) is 0 Å². The molecular formula is C18H18N6O2. The average Bonchev–Trinajstić information content (AvgIpc) is 3.24. The molecule has 0 atom stereocenters. The average molecular weight is 350 g/mol. The van der Waals surface area contributed by atoms with E-state index >= 15 is 0 Å². The van der Waals surface area contributed by atoms with Crippen molar-refractivity contribution in [3.63, 3.8) is 0 Å². The number of hydrogen-bond donors (Lipinski definition) is 1. The molecule has 8 nitrogen and oxygen atoms in total. The van der Waals surface area contributed by atoms with Crippen molar-refractivity contribution in [1.29, 1.82) is 0 Å². The first-order valence-electron chi connectivity index (χ1n) is 8.81. The van der Waals surface area contributed by atoms with Crippen LogP contribution in [-0.4, -0.2) is 32.3 Å². The maximum atomic E-state index is 12.6. The number of carbonyl (C=O) groups is 1. The molecular weight excluding hydrogens is 332 g/mol. The van der Waals surface area contributed by atoms with E-state index in [4.69, 9.17) is 4.52 Å². The number of fused-ring (bicyclic) bond motifs is 3. The van der Waals surface area contributed by atoms with E-state index in [0.717, 1.165) is 29.9 Å². The predicted octanol–water partition coefficient (Wildman–Crippen LogP) is 2.85. The van der Waals surface area contributed by atoms with E-state index in [1.807, 2.05) is 35.8 Å². The first kappa shape index (κ1) is 15.1. The standard InChI is InChI=1S/C18H18N6O2/c1-2-19-18(25)23-9-14-15(16-21-17(26-22-16)11-7-8-11)20-10-24(14)13-6-4-3-5-12(13)23/h3-6,10-11H,2,7-9H2,1H3,(H,19,25). The largest absolute Gasteiger partial charge is 0.339 e. The molecule has 3 aromatic rings. The van der Waals surface area contributed by atoms with Crippen molar-refractivity contribution in [2.24, 2.45) is 0 Å². The molecule has 1 aliphatic heterocycles. The molecule has 0 bridgehead atoms. The van der Waals surface area contributed by atoms with Gasteiger partial charge in [0.05, 0.1) is 23.6 Å². The third-order valence-electron chi connectivity index (χ3n) is 4.76. The summed E-state index contributed by atoms with van der Waals surface area (Å²) in [4.78, 5) is 23.3. The molecule has 2 aromatic heterocycles. The van der Waals surface area contributed by atoms with Gasteiger partial charge in [0.15, 0.2) is 0 Å². The Morgan fingerprint density at radius 2 is 2.12 bits per heavy atom. The minimum absolute atomic E-state index is 0.134. The zero-order valence-corrected chi connectivity index (χ0v) is 14.3. The van der Waals surface area contributed by atoms with Crippen LogP contribution in [0.5, 0.6) is 0 Å². The maximum absolute atomic E-state index is 12.6. The Kier molecular flexibility index (Phi) is 3.31. The lowest BCUT2D eigenvalue weighted by Crippen LogP contribution is -2.42. The molecule has 132 valence electrons. The Hall–Kier alpha value is -3.16. The molecule has 2 aliphatic rings. The quantitative estimate of drug-likeness (QED) is 0.784. The predicted molar refractivity (Wildman–Crippen MR) is 94.1 cm³/mol. The van der Waals surface area contributed by atoms with Gasteiger partial charge in [0.1, 0.15) is 12.0 Å². The lowest BCUT2D eigenvalue weighted by molar-refractivity contribution is 0.246. The van der Waals surface area contributed by atoms with Crippen LogP contribution in [0.25, 0.3) is 17.2 Å². The number of para-hydroxylation sites is 2. The summed E-state index contributed by atoms with van der Waals surface area (Å²) >= 11 is 0. The van der Waals surface area contributed by atoms with E-state index in [-0.39, 0.29) is 6.03 Å². The topological polar surface area (TPSA) is 89.1 Å². The SMILES string of the molecule is CCNC(=O)N1Cc2c(-c3noc(C4CC4)n3)ncn2-c2ccccc21. The second-order valence-electron chi connectivity index (χ2n) is 6.55. The summed E-state index contributed by atoms with van der Waals surface area (Å²) in [5.41, 5.74) is 3.29. The summed E-state index contributed by atoms with van der Waals surface area (Å²) in [5, 5.41) is 6.98. The highest BCUT2D eigenvalue weighted by Gasteiger charge is 2.33. The highest BCUT2D eigenvalue weighted by molar-refractivity contribution is 5.95. The Labute approximate surface area is 149 Å². The number of imidazole rings is 1. The van der Waals surface area contributed by atoms with Gasteiger partial charge in [-0.05, 0) is 31.9 Å². The normalized spacial score (nSPS) is 15.5. The second-order valence-corrected chi connectivity index (χ2v) is 6.55. The van der Waals surface area contributed by atoms with E-state index < -0.39 is 0 Å². The van der Waals surface area contributed by atoms with Crippen LogP contribution >= 0.6 is 0 Å². The molecule has 1 fully saturated rings. The van der Waals surface area contributed by atoms with Crippen LogP contribution in [0.15, 0.2) is 35.1 Å². The third kappa shape index (κ3) is 2.29. The van der Waals surface area contributed by atoms with Crippen molar-refractivity contribution in [2.45, 2.75) is 32.2 Å². The van der Waals surface area contributed by atoms with Crippen LogP contribution in [0.3, 0.4) is 0 Å². The molecule has 1 saturated carbocycles. The summed E-state index contributed by atoms with van der Waals surface area (Å²) in [5.74, 6) is 1.55. The Balaban J connectivity index is 1.60. The Bertz CT molecular complexity index is 987. The number of hydrogen-bond acceptors (Lipinski definition) is 5. The smallest absolute Gasteiger partial charge is 0.322 e. The van der Waals surface area contributed by atoms with Crippen LogP contribution in [0.2, 0.25) is 0 Å². The molecule has 0 saturated heterocycles. The zero-order valence-electron chi connectivity index (χ0n) is 14.3. The maximum Gasteiger partial charge on any atom is 0.322 e. The number of urea groups is 1. The van der Waals surface area contributed by atoms with Gasteiger partial charge >= 0.3 is 6.03 Å². The first-order valence-corrected chi connectivity index (χ1v) is 8.81. The fourth-order valence-corrected chi connectivity index (χ4v) is 3.31. The molecule has 0 unspecified atom stereocenters. The van der Waals surface area contributed by atoms with Crippen molar-refractivity contribution in [3.8, 4) is 17.2 Å². The molecule has 1 aromatic carbocycles. The van der Waals surface area contributed by atoms with Crippen molar-refractivity contribution < 1.29 is 9.32 Å². The number of benzene rings is 1. The number of amides is 2. The van der Waals surface area contributed by atoms with Gasteiger partial charge in [-0.2, -0.15) is 4.98 Å². The summed E-state index contributed by atoms with van der Waals surface area (Å²) < 4.78 is 7.38. The molecule has 5 rings (SSSR count). The van der Waals surface area contributed by atoms with Gasteiger partial charge in [0.25, 0.3) is 0 Å². The van der Waals surface area contributed by atoms with Crippen molar-refractivity contribution in [1.82, 2.24) is 25.0 Å². The number of nitrogens with one attached hydrogen (secondary N) is 1. The lowest BCUT2D eigenvalue weighted by atomic mass is 10.1. The fraction of sp³-hybridized carbons (Fsp3) is 0.333. The van der Waals surface area contributed by atoms with Gasteiger partial charge in [-0.1, -0.05) is 17.3 Å². The van der Waals surface area contributed by atoms with Crippen LogP contribution < -0.4 is 10.2 Å². The van der Waals surface area contributed by atoms with Gasteiger partial charge in [-0.25, -0.2) is 9.78 Å². The monoisotopic (exact) mass is 350 g/mol. The minimum Gasteiger partial charge on any atom is -0.339 e. The second kappa shape index (κ2) is 5.69. The highest BCUT2D eigenvalue weighted by atomic mass is 16.5. The van der Waals surface area contributed by atoms with Crippen LogP contribution in [-0.2, 0) is 6.54 Å². The molecule has 2 amide bonds. The summed E-state index contributed by atoms with van der Waals surface area (Å²) in [6.07, 6.45) is 3.95. The van der Waals surface area contributed by atoms with Crippen LogP contribution in [0.4, 0.5) is 10.5 Å². The van der Waals surface area contributed by atoms with Crippen LogP contribution in [0, 0.1) is 0 Å². The minimum atomic E-state index is -0.134. The molecule has 3 heterocycles. The van der Waals surface area contributed by atoms with E-state index in [9.17, 15) is 4.79 Å². The Morgan fingerprint density at radius 1 is 1.31 bits per heavy atom. The summed E-state index contributed by atoms with van der Waals surface area (Å²) in [6, 6.07) is 7.65.